The van der Waals surface area contributed by atoms with Crippen LogP contribution in [0.5, 0.6) is 0 Å². The maximum atomic E-state index is 3.77. The number of hydrogen-bond donors (Lipinski definition) is 0. The lowest BCUT2D eigenvalue weighted by Crippen LogP contribution is -1.91. The normalized spacial score (nSPS) is 12.6. The average Bonchev–Trinajstić information content (AvgIpc) is 2.76. The summed E-state index contributed by atoms with van der Waals surface area (Å²) >= 11 is 9.13. The highest BCUT2D eigenvalue weighted by molar-refractivity contribution is 9.11. The Kier molecular flexibility index (Phi) is 4.83. The minimum absolute atomic E-state index is 0.285. The molecule has 0 fully saturated rings. The number of benzene rings is 1. The Hall–Kier alpha value is -0.120. The van der Waals surface area contributed by atoms with Crippen molar-refractivity contribution in [2.24, 2.45) is 0 Å². The highest BCUT2D eigenvalue weighted by Gasteiger charge is 2.14. The molecule has 0 aliphatic carbocycles. The number of aryl methyl sites for hydroxylation is 1. The van der Waals surface area contributed by atoms with Gasteiger partial charge in [0.1, 0.15) is 0 Å². The minimum Gasteiger partial charge on any atom is -0.146 e. The number of thiophene rings is 1. The fourth-order valence-electron chi connectivity index (χ4n) is 1.78. The summed E-state index contributed by atoms with van der Waals surface area (Å²) in [4.78, 5) is 1.61. The number of halogens is 2. The van der Waals surface area contributed by atoms with Crippen LogP contribution >= 0.6 is 43.2 Å². The van der Waals surface area contributed by atoms with E-state index in [1.165, 1.54) is 26.9 Å². The van der Waals surface area contributed by atoms with Gasteiger partial charge in [-0.1, -0.05) is 53.5 Å². The second-order valence-electron chi connectivity index (χ2n) is 3.99. The molecule has 17 heavy (non-hydrogen) atoms. The zero-order valence-electron chi connectivity index (χ0n) is 9.62. The molecule has 1 unspecified atom stereocenters. The van der Waals surface area contributed by atoms with E-state index in [0.29, 0.717) is 0 Å². The van der Waals surface area contributed by atoms with Gasteiger partial charge in [-0.2, -0.15) is 0 Å². The van der Waals surface area contributed by atoms with E-state index in [2.05, 4.69) is 74.5 Å². The van der Waals surface area contributed by atoms with Crippen molar-refractivity contribution in [2.45, 2.75) is 24.6 Å². The molecule has 3 heteroatoms. The lowest BCUT2D eigenvalue weighted by Gasteiger charge is -2.10. The molecule has 0 spiro atoms. The Morgan fingerprint density at radius 2 is 1.88 bits per heavy atom. The smallest absolute Gasteiger partial charge is 0.0749 e. The van der Waals surface area contributed by atoms with E-state index >= 15 is 0 Å². The van der Waals surface area contributed by atoms with E-state index in [1.54, 1.807) is 11.3 Å². The predicted molar refractivity (Wildman–Crippen MR) is 83.2 cm³/mol. The Bertz CT molecular complexity index is 473. The molecule has 0 radical (unpaired) electrons. The summed E-state index contributed by atoms with van der Waals surface area (Å²) in [6, 6.07) is 11.0. The molecule has 0 nitrogen and oxygen atoms in total. The first-order valence-electron chi connectivity index (χ1n) is 5.68. The highest BCUT2D eigenvalue weighted by atomic mass is 79.9. The number of rotatable bonds is 4. The van der Waals surface area contributed by atoms with Crippen molar-refractivity contribution in [2.75, 3.05) is 0 Å². The van der Waals surface area contributed by atoms with Gasteiger partial charge in [0, 0.05) is 9.35 Å². The molecule has 1 atom stereocenters. The lowest BCUT2D eigenvalue weighted by molar-refractivity contribution is 0.920. The van der Waals surface area contributed by atoms with Gasteiger partial charge in [0.2, 0.25) is 0 Å². The molecule has 0 N–H and O–H groups in total. The lowest BCUT2D eigenvalue weighted by atomic mass is 10.1. The zero-order valence-corrected chi connectivity index (χ0v) is 13.6. The highest BCUT2D eigenvalue weighted by Crippen LogP contribution is 2.38. The molecular formula is C14H14Br2S. The van der Waals surface area contributed by atoms with Crippen molar-refractivity contribution in [1.29, 1.82) is 0 Å². The van der Waals surface area contributed by atoms with Gasteiger partial charge in [-0.05, 0) is 44.9 Å². The third-order valence-corrected chi connectivity index (χ3v) is 5.91. The molecule has 0 saturated heterocycles. The second kappa shape index (κ2) is 6.17. The van der Waals surface area contributed by atoms with Gasteiger partial charge in [-0.3, -0.25) is 0 Å². The van der Waals surface area contributed by atoms with E-state index < -0.39 is 0 Å². The van der Waals surface area contributed by atoms with E-state index in [0.717, 1.165) is 6.42 Å². The summed E-state index contributed by atoms with van der Waals surface area (Å²) in [7, 11) is 0. The summed E-state index contributed by atoms with van der Waals surface area (Å²) in [6.07, 6.45) is 2.36. The molecule has 2 aromatic rings. The van der Waals surface area contributed by atoms with Gasteiger partial charge >= 0.3 is 0 Å². The topological polar surface area (TPSA) is 0 Å². The third-order valence-electron chi connectivity index (χ3n) is 2.69. The molecular weight excluding hydrogens is 360 g/mol. The SMILES string of the molecule is CCCc1ccc(C(Br)c2sccc2Br)cc1. The van der Waals surface area contributed by atoms with Crippen molar-refractivity contribution >= 4 is 43.2 Å². The minimum atomic E-state index is 0.285. The number of alkyl halides is 1. The van der Waals surface area contributed by atoms with Crippen molar-refractivity contribution in [3.63, 3.8) is 0 Å². The summed E-state index contributed by atoms with van der Waals surface area (Å²) in [5.41, 5.74) is 2.73. The van der Waals surface area contributed by atoms with Gasteiger partial charge in [0.05, 0.1) is 4.83 Å². The Balaban J connectivity index is 2.20. The van der Waals surface area contributed by atoms with Gasteiger partial charge in [0.15, 0.2) is 0 Å². The summed E-state index contributed by atoms with van der Waals surface area (Å²) in [5.74, 6) is 0. The van der Waals surface area contributed by atoms with Crippen LogP contribution in [0, 0.1) is 0 Å². The van der Waals surface area contributed by atoms with Crippen LogP contribution in [0.25, 0.3) is 0 Å². The molecule has 90 valence electrons. The molecule has 0 saturated carbocycles. The summed E-state index contributed by atoms with van der Waals surface area (Å²) < 4.78 is 1.18. The molecule has 1 aromatic carbocycles. The van der Waals surface area contributed by atoms with Crippen molar-refractivity contribution < 1.29 is 0 Å². The van der Waals surface area contributed by atoms with Crippen molar-refractivity contribution in [3.05, 3.63) is 56.2 Å². The fraction of sp³-hybridized carbons (Fsp3) is 0.286. The maximum absolute atomic E-state index is 3.77. The van der Waals surface area contributed by atoms with Crippen LogP contribution in [0.15, 0.2) is 40.2 Å². The van der Waals surface area contributed by atoms with Crippen LogP contribution in [0.1, 0.15) is 34.2 Å². The molecule has 0 bridgehead atoms. The van der Waals surface area contributed by atoms with E-state index in [1.807, 2.05) is 0 Å². The fourth-order valence-corrected chi connectivity index (χ4v) is 4.57. The van der Waals surface area contributed by atoms with E-state index in [-0.39, 0.29) is 4.83 Å². The van der Waals surface area contributed by atoms with Crippen LogP contribution in [-0.4, -0.2) is 0 Å². The Morgan fingerprint density at radius 3 is 2.41 bits per heavy atom. The maximum Gasteiger partial charge on any atom is 0.0749 e. The molecule has 0 aliphatic rings. The molecule has 0 amide bonds. The second-order valence-corrected chi connectivity index (χ2v) is 6.70. The van der Waals surface area contributed by atoms with Crippen LogP contribution in [0.4, 0.5) is 0 Å². The van der Waals surface area contributed by atoms with Gasteiger partial charge < -0.3 is 0 Å². The van der Waals surface area contributed by atoms with Crippen molar-refractivity contribution in [3.8, 4) is 0 Å². The molecule has 2 rings (SSSR count). The van der Waals surface area contributed by atoms with Gasteiger partial charge in [-0.25, -0.2) is 0 Å². The van der Waals surface area contributed by atoms with Crippen LogP contribution in [0.3, 0.4) is 0 Å². The summed E-state index contributed by atoms with van der Waals surface area (Å²) in [5, 5.41) is 2.11. The van der Waals surface area contributed by atoms with Crippen molar-refractivity contribution in [1.82, 2.24) is 0 Å². The van der Waals surface area contributed by atoms with Crippen LogP contribution in [0.2, 0.25) is 0 Å². The van der Waals surface area contributed by atoms with Crippen LogP contribution in [-0.2, 0) is 6.42 Å². The van der Waals surface area contributed by atoms with E-state index in [9.17, 15) is 0 Å². The molecule has 1 heterocycles. The monoisotopic (exact) mass is 372 g/mol. The predicted octanol–water partition coefficient (Wildman–Crippen LogP) is 5.95. The number of hydrogen-bond acceptors (Lipinski definition) is 1. The molecule has 0 aliphatic heterocycles. The first kappa shape index (κ1) is 13.3. The Morgan fingerprint density at radius 1 is 1.18 bits per heavy atom. The zero-order chi connectivity index (χ0) is 12.3. The first-order chi connectivity index (χ1) is 8.22. The summed E-state index contributed by atoms with van der Waals surface area (Å²) in [6.45, 7) is 2.21. The standard InChI is InChI=1S/C14H14Br2S/c1-2-3-10-4-6-11(7-5-10)13(16)14-12(15)8-9-17-14/h4-9,13H,2-3H2,1H3. The molecule has 1 aromatic heterocycles. The van der Waals surface area contributed by atoms with E-state index in [4.69, 9.17) is 0 Å². The third kappa shape index (κ3) is 3.21. The first-order valence-corrected chi connectivity index (χ1v) is 8.27. The van der Waals surface area contributed by atoms with Crippen LogP contribution < -0.4 is 0 Å². The quantitative estimate of drug-likeness (QED) is 0.581. The van der Waals surface area contributed by atoms with Gasteiger partial charge in [-0.15, -0.1) is 11.3 Å². The Labute approximate surface area is 123 Å². The van der Waals surface area contributed by atoms with Gasteiger partial charge in [0.25, 0.3) is 0 Å². The largest absolute Gasteiger partial charge is 0.146 e. The average molecular weight is 374 g/mol.